The van der Waals surface area contributed by atoms with E-state index in [0.29, 0.717) is 17.1 Å². The fourth-order valence-electron chi connectivity index (χ4n) is 4.65. The zero-order valence-electron chi connectivity index (χ0n) is 24.5. The average Bonchev–Trinajstić information content (AvgIpc) is 3.26. The number of aliphatic hydroxyl groups is 1. The lowest BCUT2D eigenvalue weighted by Crippen LogP contribution is -2.50. The predicted octanol–water partition coefficient (Wildman–Crippen LogP) is 3.78. The van der Waals surface area contributed by atoms with E-state index in [-0.39, 0.29) is 53.5 Å². The lowest BCUT2D eigenvalue weighted by atomic mass is 9.99. The van der Waals surface area contributed by atoms with Crippen LogP contribution in [-0.4, -0.2) is 79.3 Å². The number of fused-ring (bicyclic) bond motifs is 1. The Morgan fingerprint density at radius 3 is 2.50 bits per heavy atom. The van der Waals surface area contributed by atoms with Gasteiger partial charge in [-0.3, -0.25) is 9.52 Å². The number of urea groups is 1. The van der Waals surface area contributed by atoms with Crippen LogP contribution in [0.2, 0.25) is 0 Å². The fraction of sp³-hybridized carbons (Fsp3) is 0.414. The summed E-state index contributed by atoms with van der Waals surface area (Å²) in [7, 11) is -2.29. The van der Waals surface area contributed by atoms with E-state index in [9.17, 15) is 23.1 Å². The summed E-state index contributed by atoms with van der Waals surface area (Å²) in [6, 6.07) is 10.0. The van der Waals surface area contributed by atoms with Crippen LogP contribution in [0.4, 0.5) is 16.2 Å². The molecule has 226 valence electrons. The average molecular weight is 600 g/mol. The van der Waals surface area contributed by atoms with Gasteiger partial charge in [0.1, 0.15) is 23.2 Å². The Hall–Kier alpha value is -4.10. The van der Waals surface area contributed by atoms with Gasteiger partial charge in [0.25, 0.3) is 15.9 Å². The van der Waals surface area contributed by atoms with Crippen LogP contribution in [0.3, 0.4) is 0 Å². The zero-order valence-corrected chi connectivity index (χ0v) is 25.4. The van der Waals surface area contributed by atoms with Gasteiger partial charge in [0.2, 0.25) is 0 Å². The Kier molecular flexibility index (Phi) is 9.12. The third kappa shape index (κ3) is 6.68. The summed E-state index contributed by atoms with van der Waals surface area (Å²) in [6.45, 7) is 9.08. The molecule has 3 amide bonds. The summed E-state index contributed by atoms with van der Waals surface area (Å²) < 4.78 is 40.0. The summed E-state index contributed by atoms with van der Waals surface area (Å²) in [6.07, 6.45) is -0.541. The molecule has 0 radical (unpaired) electrons. The predicted molar refractivity (Wildman–Crippen MR) is 157 cm³/mol. The van der Waals surface area contributed by atoms with Gasteiger partial charge in [-0.2, -0.15) is 0 Å². The van der Waals surface area contributed by atoms with Crippen LogP contribution in [0.1, 0.15) is 41.2 Å². The quantitative estimate of drug-likeness (QED) is 0.353. The first-order chi connectivity index (χ1) is 19.8. The van der Waals surface area contributed by atoms with Crippen molar-refractivity contribution in [2.75, 3.05) is 36.8 Å². The van der Waals surface area contributed by atoms with Gasteiger partial charge in [0.05, 0.1) is 29.7 Å². The van der Waals surface area contributed by atoms with Crippen molar-refractivity contribution in [3.63, 3.8) is 0 Å². The summed E-state index contributed by atoms with van der Waals surface area (Å²) in [5.74, 6) is 0.0899. The summed E-state index contributed by atoms with van der Waals surface area (Å²) in [5.41, 5.74) is 2.30. The van der Waals surface area contributed by atoms with E-state index in [2.05, 4.69) is 15.2 Å². The van der Waals surface area contributed by atoms with Crippen molar-refractivity contribution in [3.05, 3.63) is 65.0 Å². The van der Waals surface area contributed by atoms with Crippen LogP contribution in [0.25, 0.3) is 0 Å². The first-order valence-electron chi connectivity index (χ1n) is 13.6. The number of likely N-dealkylation sites (N-methyl/N-ethyl adjacent to an activating group) is 1. The Balaban J connectivity index is 1.62. The van der Waals surface area contributed by atoms with Crippen LogP contribution in [0, 0.1) is 26.7 Å². The van der Waals surface area contributed by atoms with Crippen molar-refractivity contribution in [2.45, 2.75) is 51.7 Å². The number of aryl methyl sites for hydroxylation is 3. The summed E-state index contributed by atoms with van der Waals surface area (Å²) in [5, 5.41) is 16.6. The molecule has 1 aliphatic heterocycles. The molecule has 0 unspecified atom stereocenters. The van der Waals surface area contributed by atoms with Gasteiger partial charge in [0.15, 0.2) is 5.76 Å². The van der Waals surface area contributed by atoms with Crippen LogP contribution < -0.4 is 14.8 Å². The van der Waals surface area contributed by atoms with E-state index in [0.717, 1.165) is 5.56 Å². The monoisotopic (exact) mass is 599 g/mol. The van der Waals surface area contributed by atoms with Crippen molar-refractivity contribution < 1.29 is 32.4 Å². The highest BCUT2D eigenvalue weighted by Crippen LogP contribution is 2.31. The number of benzene rings is 2. The topological polar surface area (TPSA) is 154 Å². The molecular weight excluding hydrogens is 562 g/mol. The van der Waals surface area contributed by atoms with Crippen molar-refractivity contribution in [1.82, 2.24) is 15.0 Å². The molecule has 42 heavy (non-hydrogen) atoms. The zero-order chi connectivity index (χ0) is 30.8. The second-order valence-corrected chi connectivity index (χ2v) is 12.4. The minimum atomic E-state index is -3.92. The molecule has 3 atom stereocenters. The van der Waals surface area contributed by atoms with Gasteiger partial charge in [-0.1, -0.05) is 29.8 Å². The largest absolute Gasteiger partial charge is 0.487 e. The number of sulfonamides is 1. The van der Waals surface area contributed by atoms with Gasteiger partial charge < -0.3 is 29.5 Å². The van der Waals surface area contributed by atoms with Crippen LogP contribution >= 0.6 is 0 Å². The molecule has 3 N–H and O–H groups in total. The number of amides is 3. The molecule has 4 rings (SSSR count). The van der Waals surface area contributed by atoms with E-state index in [1.54, 1.807) is 44.9 Å². The van der Waals surface area contributed by atoms with Crippen molar-refractivity contribution >= 4 is 33.3 Å². The van der Waals surface area contributed by atoms with Crippen LogP contribution in [0.15, 0.2) is 51.9 Å². The second kappa shape index (κ2) is 12.4. The number of aromatic nitrogens is 1. The Morgan fingerprint density at radius 2 is 1.88 bits per heavy atom. The van der Waals surface area contributed by atoms with Crippen molar-refractivity contribution in [2.24, 2.45) is 5.92 Å². The molecular formula is C29H37N5O7S. The molecule has 12 nitrogen and oxygen atoms in total. The highest BCUT2D eigenvalue weighted by Gasteiger charge is 2.34. The molecule has 2 aromatic carbocycles. The highest BCUT2D eigenvalue weighted by atomic mass is 32.2. The Morgan fingerprint density at radius 1 is 1.19 bits per heavy atom. The van der Waals surface area contributed by atoms with Gasteiger partial charge in [0, 0.05) is 25.2 Å². The van der Waals surface area contributed by atoms with Crippen LogP contribution in [-0.2, 0) is 10.0 Å². The number of hydrogen-bond donors (Lipinski definition) is 3. The second-order valence-electron chi connectivity index (χ2n) is 10.8. The SMILES string of the molecule is Cc1ccc(S(=O)(=O)Nc2ccc3c(c2)C(=O)N([C@H](C)CO)C[C@H](C)[C@@H](CN(C)C(=O)Nc2c(C)noc2C)O3)cc1. The lowest BCUT2D eigenvalue weighted by molar-refractivity contribution is 0.0371. The first kappa shape index (κ1) is 30.8. The van der Waals surface area contributed by atoms with Crippen molar-refractivity contribution in [1.29, 1.82) is 0 Å². The molecule has 13 heteroatoms. The van der Waals surface area contributed by atoms with E-state index < -0.39 is 28.1 Å². The number of carbonyl (C=O) groups is 2. The molecule has 3 aromatic rings. The molecule has 1 aromatic heterocycles. The Labute approximate surface area is 245 Å². The number of hydrogen-bond acceptors (Lipinski definition) is 8. The minimum Gasteiger partial charge on any atom is -0.487 e. The normalized spacial score (nSPS) is 17.9. The van der Waals surface area contributed by atoms with E-state index in [4.69, 9.17) is 9.26 Å². The molecule has 0 bridgehead atoms. The maximum Gasteiger partial charge on any atom is 0.321 e. The van der Waals surface area contributed by atoms with Gasteiger partial charge >= 0.3 is 6.03 Å². The maximum absolute atomic E-state index is 13.7. The van der Waals surface area contributed by atoms with Gasteiger partial charge in [-0.15, -0.1) is 0 Å². The third-order valence-electron chi connectivity index (χ3n) is 7.31. The Bertz CT molecular complexity index is 1540. The van der Waals surface area contributed by atoms with E-state index in [1.807, 2.05) is 13.8 Å². The molecule has 0 saturated heterocycles. The molecule has 1 aliphatic rings. The standard InChI is InChI=1S/C29H37N5O7S/c1-17-7-10-23(11-8-17)42(38,39)32-22-9-12-25-24(13-22)28(36)34(19(3)16-35)14-18(2)26(40-25)15-33(6)29(37)30-27-20(4)31-41-21(27)5/h7-13,18-19,26,32,35H,14-16H2,1-6H3,(H,30,37)/t18-,19+,26+/m0/s1. The number of aliphatic hydroxyl groups excluding tert-OH is 1. The summed E-state index contributed by atoms with van der Waals surface area (Å²) in [4.78, 5) is 29.8. The number of carbonyl (C=O) groups excluding carboxylic acids is 2. The van der Waals surface area contributed by atoms with E-state index in [1.165, 1.54) is 35.2 Å². The van der Waals surface area contributed by atoms with E-state index >= 15 is 0 Å². The number of rotatable bonds is 8. The number of ether oxygens (including phenoxy) is 1. The minimum absolute atomic E-state index is 0.0877. The summed E-state index contributed by atoms with van der Waals surface area (Å²) >= 11 is 0. The molecule has 0 spiro atoms. The third-order valence-corrected chi connectivity index (χ3v) is 8.71. The lowest BCUT2D eigenvalue weighted by Gasteiger charge is -2.38. The number of nitrogens with one attached hydrogen (secondary N) is 2. The smallest absolute Gasteiger partial charge is 0.321 e. The highest BCUT2D eigenvalue weighted by molar-refractivity contribution is 7.92. The molecule has 0 aliphatic carbocycles. The van der Waals surface area contributed by atoms with Gasteiger partial charge in [-0.05, 0) is 58.0 Å². The molecule has 2 heterocycles. The van der Waals surface area contributed by atoms with Crippen LogP contribution in [0.5, 0.6) is 5.75 Å². The number of nitrogens with zero attached hydrogens (tertiary/aromatic N) is 3. The van der Waals surface area contributed by atoms with Gasteiger partial charge in [-0.25, -0.2) is 13.2 Å². The number of anilines is 2. The molecule has 0 saturated carbocycles. The maximum atomic E-state index is 13.7. The van der Waals surface area contributed by atoms with Crippen molar-refractivity contribution in [3.8, 4) is 5.75 Å². The molecule has 0 fully saturated rings. The first-order valence-corrected chi connectivity index (χ1v) is 15.1. The fourth-order valence-corrected chi connectivity index (χ4v) is 5.70.